The van der Waals surface area contributed by atoms with Gasteiger partial charge in [0.2, 0.25) is 0 Å². The van der Waals surface area contributed by atoms with Gasteiger partial charge in [-0.2, -0.15) is 0 Å². The molecule has 1 aliphatic rings. The van der Waals surface area contributed by atoms with Crippen LogP contribution < -0.4 is 5.32 Å². The largest absolute Gasteiger partial charge is 0.366 e. The Morgan fingerprint density at radius 3 is 2.28 bits per heavy atom. The summed E-state index contributed by atoms with van der Waals surface area (Å²) in [7, 11) is 2.06. The van der Waals surface area contributed by atoms with Gasteiger partial charge in [-0.1, -0.05) is 78.9 Å². The minimum atomic E-state index is -0.302. The molecule has 0 radical (unpaired) electrons. The summed E-state index contributed by atoms with van der Waals surface area (Å²) in [6.45, 7) is 3.11. The van der Waals surface area contributed by atoms with Crippen LogP contribution >= 0.6 is 0 Å². The van der Waals surface area contributed by atoms with E-state index in [9.17, 15) is 9.18 Å². The quantitative estimate of drug-likeness (QED) is 0.392. The number of amides is 1. The standard InChI is InChI=1S/C29H30FN5O/c1-33(18-22-10-4-2-5-11-22)21-26-32-28-27(35(26)19-23-12-6-3-7-13-23)29(36)34(17-16-31-28)20-24-14-8-9-15-25(24)30/h2-15,31H,16-21H2,1H3. The van der Waals surface area contributed by atoms with Gasteiger partial charge in [-0.15, -0.1) is 0 Å². The van der Waals surface area contributed by atoms with Crippen molar-refractivity contribution in [2.24, 2.45) is 0 Å². The van der Waals surface area contributed by atoms with E-state index in [1.165, 1.54) is 11.6 Å². The second kappa shape index (κ2) is 10.7. The summed E-state index contributed by atoms with van der Waals surface area (Å²) in [5.74, 6) is 0.966. The Morgan fingerprint density at radius 1 is 0.889 bits per heavy atom. The smallest absolute Gasteiger partial charge is 0.274 e. The molecular formula is C29H30FN5O. The lowest BCUT2D eigenvalue weighted by molar-refractivity contribution is 0.0743. The average Bonchev–Trinajstić information content (AvgIpc) is 3.13. The number of hydrogen-bond donors (Lipinski definition) is 1. The average molecular weight is 484 g/mol. The van der Waals surface area contributed by atoms with Crippen molar-refractivity contribution < 1.29 is 9.18 Å². The number of anilines is 1. The monoisotopic (exact) mass is 483 g/mol. The number of imidazole rings is 1. The summed E-state index contributed by atoms with van der Waals surface area (Å²) in [4.78, 5) is 22.6. The second-order valence-corrected chi connectivity index (χ2v) is 9.20. The van der Waals surface area contributed by atoms with Crippen LogP contribution in [0.25, 0.3) is 0 Å². The Hall–Kier alpha value is -3.97. The minimum absolute atomic E-state index is 0.140. The van der Waals surface area contributed by atoms with Crippen molar-refractivity contribution in [1.82, 2.24) is 19.4 Å². The van der Waals surface area contributed by atoms with Gasteiger partial charge in [0.25, 0.3) is 5.91 Å². The van der Waals surface area contributed by atoms with Crippen LogP contribution in [0.15, 0.2) is 84.9 Å². The maximum absolute atomic E-state index is 14.4. The summed E-state index contributed by atoms with van der Waals surface area (Å²) in [6, 6.07) is 27.0. The first-order valence-corrected chi connectivity index (χ1v) is 12.2. The first kappa shape index (κ1) is 23.8. The third-order valence-corrected chi connectivity index (χ3v) is 6.42. The highest BCUT2D eigenvalue weighted by Crippen LogP contribution is 2.25. The van der Waals surface area contributed by atoms with Gasteiger partial charge in [0.1, 0.15) is 11.6 Å². The molecule has 0 spiro atoms. The molecule has 36 heavy (non-hydrogen) atoms. The summed E-state index contributed by atoms with van der Waals surface area (Å²) in [6.07, 6.45) is 0. The summed E-state index contributed by atoms with van der Waals surface area (Å²) in [5, 5.41) is 3.35. The van der Waals surface area contributed by atoms with E-state index in [4.69, 9.17) is 4.98 Å². The molecule has 6 nitrogen and oxygen atoms in total. The first-order chi connectivity index (χ1) is 17.6. The van der Waals surface area contributed by atoms with Crippen LogP contribution in [0.3, 0.4) is 0 Å². The van der Waals surface area contributed by atoms with Crippen LogP contribution in [0.1, 0.15) is 33.0 Å². The van der Waals surface area contributed by atoms with E-state index in [0.717, 1.165) is 17.9 Å². The van der Waals surface area contributed by atoms with Crippen molar-refractivity contribution in [3.8, 4) is 0 Å². The van der Waals surface area contributed by atoms with E-state index in [1.807, 2.05) is 41.0 Å². The molecule has 7 heteroatoms. The lowest BCUT2D eigenvalue weighted by Gasteiger charge is -2.23. The van der Waals surface area contributed by atoms with E-state index < -0.39 is 0 Å². The Balaban J connectivity index is 1.47. The summed E-state index contributed by atoms with van der Waals surface area (Å²) >= 11 is 0. The van der Waals surface area contributed by atoms with Gasteiger partial charge >= 0.3 is 0 Å². The topological polar surface area (TPSA) is 53.4 Å². The van der Waals surface area contributed by atoms with Crippen molar-refractivity contribution in [3.63, 3.8) is 0 Å². The van der Waals surface area contributed by atoms with E-state index in [0.29, 0.717) is 43.3 Å². The fourth-order valence-corrected chi connectivity index (χ4v) is 4.63. The maximum atomic E-state index is 14.4. The fraction of sp³-hybridized carbons (Fsp3) is 0.241. The zero-order chi connectivity index (χ0) is 24.9. The highest BCUT2D eigenvalue weighted by Gasteiger charge is 2.30. The van der Waals surface area contributed by atoms with Gasteiger partial charge in [-0.3, -0.25) is 9.69 Å². The van der Waals surface area contributed by atoms with E-state index in [-0.39, 0.29) is 18.3 Å². The van der Waals surface area contributed by atoms with E-state index in [1.54, 1.807) is 23.1 Å². The summed E-state index contributed by atoms with van der Waals surface area (Å²) < 4.78 is 16.4. The van der Waals surface area contributed by atoms with Crippen LogP contribution in [0.2, 0.25) is 0 Å². The molecule has 1 N–H and O–H groups in total. The van der Waals surface area contributed by atoms with Gasteiger partial charge < -0.3 is 14.8 Å². The van der Waals surface area contributed by atoms with Crippen molar-refractivity contribution in [3.05, 3.63) is 119 Å². The van der Waals surface area contributed by atoms with Gasteiger partial charge in [0.05, 0.1) is 6.54 Å². The molecule has 0 bridgehead atoms. The number of carbonyl (C=O) groups is 1. The predicted molar refractivity (Wildman–Crippen MR) is 139 cm³/mol. The number of carbonyl (C=O) groups excluding carboxylic acids is 1. The fourth-order valence-electron chi connectivity index (χ4n) is 4.63. The Kier molecular flexibility index (Phi) is 7.09. The molecule has 0 unspecified atom stereocenters. The molecule has 1 amide bonds. The molecular weight excluding hydrogens is 453 g/mol. The molecule has 0 fully saturated rings. The number of rotatable bonds is 8. The molecule has 4 aromatic rings. The normalized spacial score (nSPS) is 13.4. The molecule has 1 aliphatic heterocycles. The van der Waals surface area contributed by atoms with E-state index >= 15 is 0 Å². The molecule has 5 rings (SSSR count). The van der Waals surface area contributed by atoms with Crippen LogP contribution in [-0.2, 0) is 26.2 Å². The number of benzene rings is 3. The molecule has 2 heterocycles. The number of aromatic nitrogens is 2. The number of hydrogen-bond acceptors (Lipinski definition) is 4. The molecule has 3 aromatic carbocycles. The van der Waals surface area contributed by atoms with Crippen molar-refractivity contribution >= 4 is 11.7 Å². The van der Waals surface area contributed by atoms with Crippen molar-refractivity contribution in [2.75, 3.05) is 25.5 Å². The zero-order valence-electron chi connectivity index (χ0n) is 20.4. The van der Waals surface area contributed by atoms with Gasteiger partial charge in [0.15, 0.2) is 11.5 Å². The van der Waals surface area contributed by atoms with Crippen molar-refractivity contribution in [2.45, 2.75) is 26.2 Å². The number of fused-ring (bicyclic) bond motifs is 1. The lowest BCUT2D eigenvalue weighted by Crippen LogP contribution is -2.34. The molecule has 1 aromatic heterocycles. The third-order valence-electron chi connectivity index (χ3n) is 6.42. The third kappa shape index (κ3) is 5.31. The van der Waals surface area contributed by atoms with Gasteiger partial charge in [-0.25, -0.2) is 9.37 Å². The Morgan fingerprint density at radius 2 is 1.56 bits per heavy atom. The number of nitrogens with one attached hydrogen (secondary N) is 1. The zero-order valence-corrected chi connectivity index (χ0v) is 20.4. The maximum Gasteiger partial charge on any atom is 0.274 e. The van der Waals surface area contributed by atoms with Crippen LogP contribution in [0.5, 0.6) is 0 Å². The first-order valence-electron chi connectivity index (χ1n) is 12.2. The highest BCUT2D eigenvalue weighted by molar-refractivity contribution is 5.98. The van der Waals surface area contributed by atoms with E-state index in [2.05, 4.69) is 41.5 Å². The molecule has 0 saturated heterocycles. The number of halogens is 1. The van der Waals surface area contributed by atoms with Crippen LogP contribution in [0, 0.1) is 5.82 Å². The Labute approximate surface area is 211 Å². The van der Waals surface area contributed by atoms with Crippen LogP contribution in [0.4, 0.5) is 10.2 Å². The van der Waals surface area contributed by atoms with Crippen LogP contribution in [-0.4, -0.2) is 45.4 Å². The minimum Gasteiger partial charge on any atom is -0.366 e. The number of nitrogens with zero attached hydrogens (tertiary/aromatic N) is 4. The Bertz CT molecular complexity index is 1320. The molecule has 0 aliphatic carbocycles. The molecule has 0 saturated carbocycles. The summed E-state index contributed by atoms with van der Waals surface area (Å²) in [5.41, 5.74) is 3.33. The molecule has 184 valence electrons. The van der Waals surface area contributed by atoms with Gasteiger partial charge in [-0.05, 0) is 24.2 Å². The SMILES string of the molecule is CN(Cc1ccccc1)Cc1nc2c(n1Cc1ccccc1)C(=O)N(Cc1ccccc1F)CCN2. The highest BCUT2D eigenvalue weighted by atomic mass is 19.1. The van der Waals surface area contributed by atoms with Crippen molar-refractivity contribution in [1.29, 1.82) is 0 Å². The molecule has 0 atom stereocenters. The second-order valence-electron chi connectivity index (χ2n) is 9.20. The lowest BCUT2D eigenvalue weighted by atomic mass is 10.2. The van der Waals surface area contributed by atoms with Gasteiger partial charge in [0, 0.05) is 38.3 Å². The predicted octanol–water partition coefficient (Wildman–Crippen LogP) is 4.77.